The quantitative estimate of drug-likeness (QED) is 0.876. The smallest absolute Gasteiger partial charge is 0.239 e. The average Bonchev–Trinajstić information content (AvgIpc) is 2.82. The molecule has 0 bridgehead atoms. The maximum Gasteiger partial charge on any atom is 0.239 e. The SMILES string of the molecule is CC(C)(C)C1CCC(CNc2cnn(CC(N)=O)c2)CC1. The number of rotatable bonds is 5. The molecule has 0 spiro atoms. The summed E-state index contributed by atoms with van der Waals surface area (Å²) in [5.74, 6) is 1.22. The fourth-order valence-electron chi connectivity index (χ4n) is 3.20. The fraction of sp³-hybridized carbons (Fsp3) is 0.750. The number of carbonyl (C=O) groups is 1. The first-order valence-corrected chi connectivity index (χ1v) is 7.89. The Hall–Kier alpha value is -1.52. The van der Waals surface area contributed by atoms with Gasteiger partial charge in [0.15, 0.2) is 0 Å². The van der Waals surface area contributed by atoms with Crippen LogP contribution in [-0.4, -0.2) is 22.2 Å². The Bertz CT molecular complexity index is 467. The molecule has 0 radical (unpaired) electrons. The first-order chi connectivity index (χ1) is 9.84. The van der Waals surface area contributed by atoms with Gasteiger partial charge in [-0.15, -0.1) is 0 Å². The fourth-order valence-corrected chi connectivity index (χ4v) is 3.20. The van der Waals surface area contributed by atoms with Crippen molar-refractivity contribution in [1.29, 1.82) is 0 Å². The van der Waals surface area contributed by atoms with Gasteiger partial charge >= 0.3 is 0 Å². The van der Waals surface area contributed by atoms with Crippen molar-refractivity contribution in [1.82, 2.24) is 9.78 Å². The summed E-state index contributed by atoms with van der Waals surface area (Å²) in [7, 11) is 0. The van der Waals surface area contributed by atoms with Crippen molar-refractivity contribution in [3.8, 4) is 0 Å². The van der Waals surface area contributed by atoms with E-state index in [4.69, 9.17) is 5.73 Å². The minimum atomic E-state index is -0.370. The van der Waals surface area contributed by atoms with Gasteiger partial charge < -0.3 is 11.1 Å². The minimum Gasteiger partial charge on any atom is -0.382 e. The number of carbonyl (C=O) groups excluding carboxylic acids is 1. The van der Waals surface area contributed by atoms with Gasteiger partial charge in [0.25, 0.3) is 0 Å². The van der Waals surface area contributed by atoms with Crippen LogP contribution in [0.25, 0.3) is 0 Å². The standard InChI is InChI=1S/C16H28N4O/c1-16(2,3)13-6-4-12(5-7-13)8-18-14-9-19-20(10-14)11-15(17)21/h9-10,12-13,18H,4-8,11H2,1-3H3,(H2,17,21). The average molecular weight is 292 g/mol. The molecular formula is C16H28N4O. The molecule has 1 aromatic heterocycles. The molecule has 0 aromatic carbocycles. The molecule has 1 aliphatic rings. The predicted octanol–water partition coefficient (Wildman–Crippen LogP) is 2.63. The lowest BCUT2D eigenvalue weighted by atomic mass is 9.70. The number of hydrogen-bond acceptors (Lipinski definition) is 3. The van der Waals surface area contributed by atoms with Gasteiger partial charge in [0.1, 0.15) is 6.54 Å². The van der Waals surface area contributed by atoms with Crippen LogP contribution in [-0.2, 0) is 11.3 Å². The summed E-state index contributed by atoms with van der Waals surface area (Å²) in [6.45, 7) is 8.17. The van der Waals surface area contributed by atoms with E-state index in [1.807, 2.05) is 6.20 Å². The third-order valence-corrected chi connectivity index (χ3v) is 4.62. The second-order valence-electron chi connectivity index (χ2n) is 7.36. The van der Waals surface area contributed by atoms with Crippen LogP contribution < -0.4 is 11.1 Å². The van der Waals surface area contributed by atoms with E-state index in [2.05, 4.69) is 31.2 Å². The molecule has 5 heteroatoms. The molecule has 21 heavy (non-hydrogen) atoms. The molecule has 118 valence electrons. The first-order valence-electron chi connectivity index (χ1n) is 7.89. The van der Waals surface area contributed by atoms with E-state index >= 15 is 0 Å². The molecule has 2 rings (SSSR count). The number of amides is 1. The van der Waals surface area contributed by atoms with E-state index < -0.39 is 0 Å². The molecule has 1 saturated carbocycles. The summed E-state index contributed by atoms with van der Waals surface area (Å²) in [6, 6.07) is 0. The molecule has 5 nitrogen and oxygen atoms in total. The largest absolute Gasteiger partial charge is 0.382 e. The van der Waals surface area contributed by atoms with Gasteiger partial charge in [0.2, 0.25) is 5.91 Å². The summed E-state index contributed by atoms with van der Waals surface area (Å²) in [6.07, 6.45) is 8.84. The molecule has 1 heterocycles. The van der Waals surface area contributed by atoms with Crippen molar-refractivity contribution in [2.45, 2.75) is 53.0 Å². The number of hydrogen-bond donors (Lipinski definition) is 2. The van der Waals surface area contributed by atoms with Gasteiger partial charge in [-0.05, 0) is 42.9 Å². The van der Waals surface area contributed by atoms with Crippen LogP contribution >= 0.6 is 0 Å². The summed E-state index contributed by atoms with van der Waals surface area (Å²) in [5.41, 5.74) is 6.56. The predicted molar refractivity (Wildman–Crippen MR) is 84.8 cm³/mol. The van der Waals surface area contributed by atoms with Crippen molar-refractivity contribution < 1.29 is 4.79 Å². The monoisotopic (exact) mass is 292 g/mol. The Morgan fingerprint density at radius 3 is 2.62 bits per heavy atom. The van der Waals surface area contributed by atoms with Gasteiger partial charge in [-0.25, -0.2) is 0 Å². The van der Waals surface area contributed by atoms with Crippen LogP contribution in [0.15, 0.2) is 12.4 Å². The van der Waals surface area contributed by atoms with Crippen LogP contribution in [0.2, 0.25) is 0 Å². The number of nitrogens with zero attached hydrogens (tertiary/aromatic N) is 2. The van der Waals surface area contributed by atoms with Crippen LogP contribution in [0.4, 0.5) is 5.69 Å². The van der Waals surface area contributed by atoms with E-state index in [0.29, 0.717) is 5.41 Å². The normalized spacial score (nSPS) is 23.0. The first kappa shape index (κ1) is 15.9. The summed E-state index contributed by atoms with van der Waals surface area (Å²) < 4.78 is 1.57. The van der Waals surface area contributed by atoms with E-state index in [9.17, 15) is 4.79 Å². The zero-order valence-electron chi connectivity index (χ0n) is 13.4. The van der Waals surface area contributed by atoms with Crippen molar-refractivity contribution in [2.75, 3.05) is 11.9 Å². The molecule has 0 saturated heterocycles. The van der Waals surface area contributed by atoms with Gasteiger partial charge in [0.05, 0.1) is 11.9 Å². The summed E-state index contributed by atoms with van der Waals surface area (Å²) >= 11 is 0. The lowest BCUT2D eigenvalue weighted by molar-refractivity contribution is -0.118. The number of anilines is 1. The number of nitrogens with one attached hydrogen (secondary N) is 1. The second kappa shape index (κ2) is 6.50. The summed E-state index contributed by atoms with van der Waals surface area (Å²) in [5, 5.41) is 7.54. The lowest BCUT2D eigenvalue weighted by Gasteiger charge is -2.37. The third-order valence-electron chi connectivity index (χ3n) is 4.62. The van der Waals surface area contributed by atoms with Gasteiger partial charge in [-0.1, -0.05) is 20.8 Å². The highest BCUT2D eigenvalue weighted by molar-refractivity contribution is 5.73. The Balaban J connectivity index is 1.75. The minimum absolute atomic E-state index is 0.137. The van der Waals surface area contributed by atoms with Crippen molar-refractivity contribution in [3.63, 3.8) is 0 Å². The third kappa shape index (κ3) is 4.76. The zero-order chi connectivity index (χ0) is 15.5. The van der Waals surface area contributed by atoms with E-state index in [-0.39, 0.29) is 12.5 Å². The van der Waals surface area contributed by atoms with Crippen LogP contribution in [0, 0.1) is 17.3 Å². The molecule has 3 N–H and O–H groups in total. The van der Waals surface area contributed by atoms with Gasteiger partial charge in [-0.2, -0.15) is 5.10 Å². The number of primary amides is 1. The maximum absolute atomic E-state index is 10.8. The van der Waals surface area contributed by atoms with E-state index in [1.54, 1.807) is 10.9 Å². The topological polar surface area (TPSA) is 72.9 Å². The van der Waals surface area contributed by atoms with Crippen molar-refractivity contribution in [3.05, 3.63) is 12.4 Å². The molecule has 0 atom stereocenters. The zero-order valence-corrected chi connectivity index (χ0v) is 13.4. The van der Waals surface area contributed by atoms with Crippen LogP contribution in [0.1, 0.15) is 46.5 Å². The summed E-state index contributed by atoms with van der Waals surface area (Å²) in [4.78, 5) is 10.8. The lowest BCUT2D eigenvalue weighted by Crippen LogP contribution is -2.28. The molecule has 1 amide bonds. The molecule has 1 aromatic rings. The molecule has 0 aliphatic heterocycles. The van der Waals surface area contributed by atoms with Crippen LogP contribution in [0.5, 0.6) is 0 Å². The van der Waals surface area contributed by atoms with E-state index in [0.717, 1.165) is 24.1 Å². The Morgan fingerprint density at radius 2 is 2.05 bits per heavy atom. The Kier molecular flexibility index (Phi) is 4.91. The van der Waals surface area contributed by atoms with Gasteiger partial charge in [-0.3, -0.25) is 9.48 Å². The Morgan fingerprint density at radius 1 is 1.38 bits per heavy atom. The molecule has 0 unspecified atom stereocenters. The maximum atomic E-state index is 10.8. The van der Waals surface area contributed by atoms with Crippen molar-refractivity contribution in [2.24, 2.45) is 23.0 Å². The number of nitrogens with two attached hydrogens (primary N) is 1. The second-order valence-corrected chi connectivity index (χ2v) is 7.36. The van der Waals surface area contributed by atoms with E-state index in [1.165, 1.54) is 25.7 Å². The highest BCUT2D eigenvalue weighted by Gasteiger charge is 2.29. The molecule has 1 fully saturated rings. The highest BCUT2D eigenvalue weighted by atomic mass is 16.1. The Labute approximate surface area is 127 Å². The van der Waals surface area contributed by atoms with Gasteiger partial charge in [0, 0.05) is 12.7 Å². The number of aromatic nitrogens is 2. The molecule has 1 aliphatic carbocycles. The molecular weight excluding hydrogens is 264 g/mol. The van der Waals surface area contributed by atoms with Crippen molar-refractivity contribution >= 4 is 11.6 Å². The van der Waals surface area contributed by atoms with Crippen LogP contribution in [0.3, 0.4) is 0 Å². The highest BCUT2D eigenvalue weighted by Crippen LogP contribution is 2.39.